The van der Waals surface area contributed by atoms with Gasteiger partial charge in [-0.05, 0) is 12.1 Å². The van der Waals surface area contributed by atoms with Crippen LogP contribution < -0.4 is 19.1 Å². The van der Waals surface area contributed by atoms with Crippen LogP contribution in [0.2, 0.25) is 0 Å². The highest BCUT2D eigenvalue weighted by atomic mass is 16.5. The standard InChI is InChI=1S/C14H17N5O3/c1-20-13-16-12(17-14(18-13)21-2)19-7-10(8-19)9-22-11-4-3-5-15-6-11/h3-6,10H,7-9H2,1-2H3. The van der Waals surface area contributed by atoms with Gasteiger partial charge in [0.1, 0.15) is 5.75 Å². The molecule has 1 fully saturated rings. The number of ether oxygens (including phenoxy) is 3. The van der Waals surface area contributed by atoms with E-state index in [0.717, 1.165) is 18.8 Å². The highest BCUT2D eigenvalue weighted by Gasteiger charge is 2.30. The van der Waals surface area contributed by atoms with Gasteiger partial charge in [0.2, 0.25) is 5.95 Å². The minimum absolute atomic E-state index is 0.247. The van der Waals surface area contributed by atoms with Gasteiger partial charge < -0.3 is 19.1 Å². The van der Waals surface area contributed by atoms with Crippen molar-refractivity contribution in [3.8, 4) is 17.8 Å². The van der Waals surface area contributed by atoms with E-state index in [2.05, 4.69) is 19.9 Å². The average molecular weight is 303 g/mol. The Balaban J connectivity index is 1.54. The summed E-state index contributed by atoms with van der Waals surface area (Å²) in [4.78, 5) is 18.5. The van der Waals surface area contributed by atoms with Crippen molar-refractivity contribution in [2.75, 3.05) is 38.8 Å². The molecule has 3 heterocycles. The Morgan fingerprint density at radius 3 is 2.45 bits per heavy atom. The summed E-state index contributed by atoms with van der Waals surface area (Å²) in [6, 6.07) is 4.24. The molecule has 0 radical (unpaired) electrons. The Morgan fingerprint density at radius 2 is 1.86 bits per heavy atom. The number of anilines is 1. The molecule has 116 valence electrons. The van der Waals surface area contributed by atoms with Gasteiger partial charge >= 0.3 is 12.0 Å². The van der Waals surface area contributed by atoms with Gasteiger partial charge in [-0.1, -0.05) is 0 Å². The number of nitrogens with zero attached hydrogens (tertiary/aromatic N) is 5. The lowest BCUT2D eigenvalue weighted by Gasteiger charge is -2.38. The van der Waals surface area contributed by atoms with E-state index in [9.17, 15) is 0 Å². The smallest absolute Gasteiger partial charge is 0.324 e. The lowest BCUT2D eigenvalue weighted by Crippen LogP contribution is -2.50. The van der Waals surface area contributed by atoms with Crippen LogP contribution in [0, 0.1) is 5.92 Å². The van der Waals surface area contributed by atoms with Crippen LogP contribution in [-0.2, 0) is 0 Å². The second-order valence-electron chi connectivity index (χ2n) is 4.88. The van der Waals surface area contributed by atoms with Crippen LogP contribution in [-0.4, -0.2) is 53.9 Å². The van der Waals surface area contributed by atoms with E-state index in [1.54, 1.807) is 12.4 Å². The lowest BCUT2D eigenvalue weighted by molar-refractivity contribution is 0.218. The summed E-state index contributed by atoms with van der Waals surface area (Å²) in [5, 5.41) is 0. The van der Waals surface area contributed by atoms with Gasteiger partial charge in [-0.3, -0.25) is 4.98 Å². The van der Waals surface area contributed by atoms with Gasteiger partial charge in [0.25, 0.3) is 0 Å². The molecule has 8 nitrogen and oxygen atoms in total. The summed E-state index contributed by atoms with van der Waals surface area (Å²) in [6.45, 7) is 2.27. The van der Waals surface area contributed by atoms with Crippen LogP contribution in [0.4, 0.5) is 5.95 Å². The van der Waals surface area contributed by atoms with Crippen molar-refractivity contribution in [3.05, 3.63) is 24.5 Å². The molecular weight excluding hydrogens is 286 g/mol. The van der Waals surface area contributed by atoms with Gasteiger partial charge in [-0.2, -0.15) is 9.97 Å². The van der Waals surface area contributed by atoms with Crippen LogP contribution in [0.15, 0.2) is 24.5 Å². The molecule has 1 aliphatic heterocycles. The van der Waals surface area contributed by atoms with Gasteiger partial charge in [0.05, 0.1) is 27.0 Å². The summed E-state index contributed by atoms with van der Waals surface area (Å²) >= 11 is 0. The molecule has 2 aromatic rings. The summed E-state index contributed by atoms with van der Waals surface area (Å²) in [5.41, 5.74) is 0. The topological polar surface area (TPSA) is 82.5 Å². The maximum Gasteiger partial charge on any atom is 0.324 e. The molecule has 22 heavy (non-hydrogen) atoms. The van der Waals surface area contributed by atoms with Gasteiger partial charge in [0.15, 0.2) is 0 Å². The van der Waals surface area contributed by atoms with Crippen molar-refractivity contribution >= 4 is 5.95 Å². The molecule has 0 saturated carbocycles. The fourth-order valence-electron chi connectivity index (χ4n) is 2.14. The third-order valence-electron chi connectivity index (χ3n) is 3.31. The SMILES string of the molecule is COc1nc(OC)nc(N2CC(COc3cccnc3)C2)n1. The van der Waals surface area contributed by atoms with E-state index in [1.807, 2.05) is 17.0 Å². The number of methoxy groups -OCH3 is 2. The Labute approximate surface area is 128 Å². The summed E-state index contributed by atoms with van der Waals surface area (Å²) < 4.78 is 15.8. The third-order valence-corrected chi connectivity index (χ3v) is 3.31. The predicted octanol–water partition coefficient (Wildman–Crippen LogP) is 0.799. The molecule has 0 amide bonds. The van der Waals surface area contributed by atoms with Crippen LogP contribution >= 0.6 is 0 Å². The van der Waals surface area contributed by atoms with E-state index in [4.69, 9.17) is 14.2 Å². The highest BCUT2D eigenvalue weighted by Crippen LogP contribution is 2.24. The van der Waals surface area contributed by atoms with Crippen molar-refractivity contribution in [3.63, 3.8) is 0 Å². The Kier molecular flexibility index (Phi) is 4.17. The van der Waals surface area contributed by atoms with Crippen molar-refractivity contribution in [1.29, 1.82) is 0 Å². The van der Waals surface area contributed by atoms with E-state index in [1.165, 1.54) is 14.2 Å². The van der Waals surface area contributed by atoms with E-state index >= 15 is 0 Å². The predicted molar refractivity (Wildman–Crippen MR) is 78.4 cm³/mol. The number of aromatic nitrogens is 4. The molecule has 0 aliphatic carbocycles. The average Bonchev–Trinajstić information content (AvgIpc) is 2.54. The first-order valence-electron chi connectivity index (χ1n) is 6.90. The molecule has 0 unspecified atom stereocenters. The molecule has 2 aromatic heterocycles. The van der Waals surface area contributed by atoms with Gasteiger partial charge in [0, 0.05) is 25.2 Å². The van der Waals surface area contributed by atoms with E-state index in [-0.39, 0.29) is 12.0 Å². The fourth-order valence-corrected chi connectivity index (χ4v) is 2.14. The third kappa shape index (κ3) is 3.16. The normalized spacial score (nSPS) is 14.4. The van der Waals surface area contributed by atoms with Crippen molar-refractivity contribution in [2.45, 2.75) is 0 Å². The molecule has 1 aliphatic rings. The molecule has 0 aromatic carbocycles. The monoisotopic (exact) mass is 303 g/mol. The molecule has 0 bridgehead atoms. The van der Waals surface area contributed by atoms with Crippen molar-refractivity contribution < 1.29 is 14.2 Å². The molecule has 0 N–H and O–H groups in total. The molecule has 0 atom stereocenters. The molecule has 1 saturated heterocycles. The number of rotatable bonds is 6. The number of pyridine rings is 1. The maximum absolute atomic E-state index is 5.69. The second-order valence-corrected chi connectivity index (χ2v) is 4.88. The first kappa shape index (κ1) is 14.3. The Morgan fingerprint density at radius 1 is 1.14 bits per heavy atom. The van der Waals surface area contributed by atoms with Crippen molar-refractivity contribution in [1.82, 2.24) is 19.9 Å². The Bertz CT molecular complexity index is 597. The van der Waals surface area contributed by atoms with Gasteiger partial charge in [-0.25, -0.2) is 0 Å². The fraction of sp³-hybridized carbons (Fsp3) is 0.429. The van der Waals surface area contributed by atoms with Crippen LogP contribution in [0.5, 0.6) is 17.8 Å². The number of hydrogen-bond donors (Lipinski definition) is 0. The van der Waals surface area contributed by atoms with E-state index in [0.29, 0.717) is 18.5 Å². The minimum Gasteiger partial charge on any atom is -0.492 e. The van der Waals surface area contributed by atoms with E-state index < -0.39 is 0 Å². The first-order chi connectivity index (χ1) is 10.8. The molecule has 3 rings (SSSR count). The quantitative estimate of drug-likeness (QED) is 0.775. The summed E-state index contributed by atoms with van der Waals surface area (Å²) in [6.07, 6.45) is 3.43. The molecule has 8 heteroatoms. The summed E-state index contributed by atoms with van der Waals surface area (Å²) in [7, 11) is 3.03. The Hall–Kier alpha value is -2.64. The van der Waals surface area contributed by atoms with Crippen LogP contribution in [0.3, 0.4) is 0 Å². The van der Waals surface area contributed by atoms with Gasteiger partial charge in [-0.15, -0.1) is 4.98 Å². The maximum atomic E-state index is 5.69. The zero-order valence-electron chi connectivity index (χ0n) is 12.5. The molecular formula is C14H17N5O3. The molecule has 0 spiro atoms. The van der Waals surface area contributed by atoms with Crippen LogP contribution in [0.25, 0.3) is 0 Å². The summed E-state index contributed by atoms with van der Waals surface area (Å²) in [5.74, 6) is 1.76. The number of hydrogen-bond acceptors (Lipinski definition) is 8. The second kappa shape index (κ2) is 6.42. The minimum atomic E-state index is 0.247. The lowest BCUT2D eigenvalue weighted by atomic mass is 10.0. The van der Waals surface area contributed by atoms with Crippen LogP contribution in [0.1, 0.15) is 0 Å². The zero-order chi connectivity index (χ0) is 15.4. The largest absolute Gasteiger partial charge is 0.492 e. The van der Waals surface area contributed by atoms with Crippen molar-refractivity contribution in [2.24, 2.45) is 5.92 Å². The highest BCUT2D eigenvalue weighted by molar-refractivity contribution is 5.36. The zero-order valence-corrected chi connectivity index (χ0v) is 12.5. The first-order valence-corrected chi connectivity index (χ1v) is 6.90.